The Kier molecular flexibility index (Phi) is 13.0. The van der Waals surface area contributed by atoms with Crippen molar-refractivity contribution >= 4 is 11.9 Å². The van der Waals surface area contributed by atoms with Gasteiger partial charge in [-0.1, -0.05) is 83.6 Å². The second-order valence-electron chi connectivity index (χ2n) is 10.2. The topological polar surface area (TPSA) is 61.8 Å². The lowest BCUT2D eigenvalue weighted by Crippen LogP contribution is -2.12. The van der Waals surface area contributed by atoms with Crippen LogP contribution >= 0.6 is 0 Å². The first-order valence-corrected chi connectivity index (χ1v) is 14.5. The first-order valence-electron chi connectivity index (χ1n) is 14.5. The highest BCUT2D eigenvalue weighted by Gasteiger charge is 2.12. The molecular weight excluding hydrogens is 500 g/mol. The van der Waals surface area contributed by atoms with Crippen molar-refractivity contribution in [3.05, 3.63) is 96.3 Å². The molecule has 40 heavy (non-hydrogen) atoms. The molecule has 0 amide bonds. The van der Waals surface area contributed by atoms with Crippen molar-refractivity contribution in [1.29, 1.82) is 0 Å². The van der Waals surface area contributed by atoms with E-state index >= 15 is 0 Å². The Labute approximate surface area is 239 Å². The highest BCUT2D eigenvalue weighted by Crippen LogP contribution is 2.24. The first-order chi connectivity index (χ1) is 19.5. The summed E-state index contributed by atoms with van der Waals surface area (Å²) in [6.07, 6.45) is 13.6. The standard InChI is InChI=1S/C35H42O5/c1-4-6-7-8-9-10-11-12-25-38-32-21-17-29(18-22-32)28-13-15-31(16-14-28)35(37)40-33-23-19-30(20-24-33)34(36)39-26-27(3)5-2/h12-25,27H,4-11,26H2,1-3H3. The number of carbonyl (C=O) groups excluding carboxylic acids is 2. The Balaban J connectivity index is 1.45. The van der Waals surface area contributed by atoms with Crippen LogP contribution in [0.15, 0.2) is 85.1 Å². The molecule has 1 atom stereocenters. The molecule has 5 heteroatoms. The molecule has 212 valence electrons. The van der Waals surface area contributed by atoms with E-state index in [9.17, 15) is 9.59 Å². The highest BCUT2D eigenvalue weighted by atomic mass is 16.5. The van der Waals surface area contributed by atoms with Gasteiger partial charge < -0.3 is 14.2 Å². The van der Waals surface area contributed by atoms with Crippen LogP contribution in [0.25, 0.3) is 11.1 Å². The predicted molar refractivity (Wildman–Crippen MR) is 161 cm³/mol. The molecule has 0 saturated carbocycles. The summed E-state index contributed by atoms with van der Waals surface area (Å²) in [5, 5.41) is 0. The number of hydrogen-bond donors (Lipinski definition) is 0. The molecule has 3 aromatic carbocycles. The van der Waals surface area contributed by atoms with Crippen molar-refractivity contribution in [2.45, 2.75) is 72.1 Å². The average Bonchev–Trinajstić information content (AvgIpc) is 2.99. The van der Waals surface area contributed by atoms with Gasteiger partial charge in [0, 0.05) is 0 Å². The largest absolute Gasteiger partial charge is 0.465 e. The molecule has 0 aliphatic rings. The Bertz CT molecular complexity index is 1190. The third-order valence-corrected chi connectivity index (χ3v) is 6.83. The zero-order chi connectivity index (χ0) is 28.6. The molecule has 5 nitrogen and oxygen atoms in total. The van der Waals surface area contributed by atoms with Crippen LogP contribution in [0, 0.1) is 5.92 Å². The summed E-state index contributed by atoms with van der Waals surface area (Å²) in [5.41, 5.74) is 2.88. The van der Waals surface area contributed by atoms with Crippen LogP contribution < -0.4 is 9.47 Å². The zero-order valence-electron chi connectivity index (χ0n) is 24.1. The van der Waals surface area contributed by atoms with Crippen LogP contribution in [0.2, 0.25) is 0 Å². The summed E-state index contributed by atoms with van der Waals surface area (Å²) < 4.78 is 16.5. The number of allylic oxidation sites excluding steroid dienone is 1. The van der Waals surface area contributed by atoms with Crippen LogP contribution in [0.4, 0.5) is 0 Å². The van der Waals surface area contributed by atoms with Crippen molar-refractivity contribution in [1.82, 2.24) is 0 Å². The van der Waals surface area contributed by atoms with Gasteiger partial charge in [0.1, 0.15) is 11.5 Å². The number of unbranched alkanes of at least 4 members (excludes halogenated alkanes) is 6. The van der Waals surface area contributed by atoms with Crippen molar-refractivity contribution < 1.29 is 23.8 Å². The molecule has 3 aromatic rings. The summed E-state index contributed by atoms with van der Waals surface area (Å²) in [5.74, 6) is 0.626. The van der Waals surface area contributed by atoms with Gasteiger partial charge in [-0.2, -0.15) is 0 Å². The fourth-order valence-corrected chi connectivity index (χ4v) is 4.01. The van der Waals surface area contributed by atoms with E-state index in [0.29, 0.717) is 29.4 Å². The van der Waals surface area contributed by atoms with Gasteiger partial charge in [-0.3, -0.25) is 0 Å². The molecule has 0 fully saturated rings. The Morgan fingerprint density at radius 1 is 0.700 bits per heavy atom. The number of carbonyl (C=O) groups is 2. The van der Waals surface area contributed by atoms with Gasteiger partial charge in [-0.05, 0) is 84.5 Å². The summed E-state index contributed by atoms with van der Waals surface area (Å²) in [6, 6.07) is 21.5. The maximum absolute atomic E-state index is 12.6. The third-order valence-electron chi connectivity index (χ3n) is 6.83. The Morgan fingerprint density at radius 3 is 1.90 bits per heavy atom. The number of rotatable bonds is 16. The monoisotopic (exact) mass is 542 g/mol. The lowest BCUT2D eigenvalue weighted by Gasteiger charge is -2.10. The van der Waals surface area contributed by atoms with Gasteiger partial charge >= 0.3 is 11.9 Å². The van der Waals surface area contributed by atoms with Crippen LogP contribution in [0.1, 0.15) is 92.9 Å². The Hall–Kier alpha value is -3.86. The number of ether oxygens (including phenoxy) is 3. The lowest BCUT2D eigenvalue weighted by molar-refractivity contribution is 0.0447. The summed E-state index contributed by atoms with van der Waals surface area (Å²) >= 11 is 0. The molecule has 0 heterocycles. The van der Waals surface area contributed by atoms with Gasteiger partial charge in [0.05, 0.1) is 24.0 Å². The summed E-state index contributed by atoms with van der Waals surface area (Å²) in [7, 11) is 0. The van der Waals surface area contributed by atoms with E-state index in [1.807, 2.05) is 43.3 Å². The maximum Gasteiger partial charge on any atom is 0.343 e. The second-order valence-corrected chi connectivity index (χ2v) is 10.2. The van der Waals surface area contributed by atoms with Crippen LogP contribution in [0.3, 0.4) is 0 Å². The SMILES string of the molecule is CCCCCCCCC=COc1ccc(-c2ccc(C(=O)Oc3ccc(C(=O)OCC(C)CC)cc3)cc2)cc1. The van der Waals surface area contributed by atoms with Gasteiger partial charge in [-0.15, -0.1) is 0 Å². The summed E-state index contributed by atoms with van der Waals surface area (Å²) in [6.45, 7) is 6.71. The van der Waals surface area contributed by atoms with E-state index in [1.165, 1.54) is 38.5 Å². The van der Waals surface area contributed by atoms with Gasteiger partial charge in [0.15, 0.2) is 0 Å². The molecule has 0 N–H and O–H groups in total. The lowest BCUT2D eigenvalue weighted by atomic mass is 10.0. The van der Waals surface area contributed by atoms with E-state index in [4.69, 9.17) is 14.2 Å². The normalized spacial score (nSPS) is 11.8. The van der Waals surface area contributed by atoms with Gasteiger partial charge in [-0.25, -0.2) is 9.59 Å². The molecule has 0 aromatic heterocycles. The van der Waals surface area contributed by atoms with E-state index in [1.54, 1.807) is 42.7 Å². The van der Waals surface area contributed by atoms with Crippen molar-refractivity contribution in [3.63, 3.8) is 0 Å². The van der Waals surface area contributed by atoms with Crippen molar-refractivity contribution in [2.24, 2.45) is 5.92 Å². The fourth-order valence-electron chi connectivity index (χ4n) is 4.01. The van der Waals surface area contributed by atoms with Crippen LogP contribution in [-0.4, -0.2) is 18.5 Å². The molecule has 0 spiro atoms. The quantitative estimate of drug-likeness (QED) is 0.0781. The first kappa shape index (κ1) is 30.7. The second kappa shape index (κ2) is 17.0. The number of hydrogen-bond acceptors (Lipinski definition) is 5. The van der Waals surface area contributed by atoms with Crippen molar-refractivity contribution in [2.75, 3.05) is 6.61 Å². The highest BCUT2D eigenvalue weighted by molar-refractivity contribution is 5.92. The molecule has 0 bridgehead atoms. The van der Waals surface area contributed by atoms with Gasteiger partial charge in [0.25, 0.3) is 0 Å². The molecule has 1 unspecified atom stereocenters. The minimum Gasteiger partial charge on any atom is -0.465 e. The van der Waals surface area contributed by atoms with E-state index < -0.39 is 5.97 Å². The zero-order valence-corrected chi connectivity index (χ0v) is 24.1. The number of benzene rings is 3. The molecule has 0 saturated heterocycles. The average molecular weight is 543 g/mol. The predicted octanol–water partition coefficient (Wildman–Crippen LogP) is 9.42. The summed E-state index contributed by atoms with van der Waals surface area (Å²) in [4.78, 5) is 24.8. The smallest absolute Gasteiger partial charge is 0.343 e. The van der Waals surface area contributed by atoms with Crippen LogP contribution in [0.5, 0.6) is 11.5 Å². The van der Waals surface area contributed by atoms with E-state index in [-0.39, 0.29) is 5.97 Å². The van der Waals surface area contributed by atoms with E-state index in [2.05, 4.69) is 19.9 Å². The van der Waals surface area contributed by atoms with E-state index in [0.717, 1.165) is 29.7 Å². The maximum atomic E-state index is 12.6. The molecule has 0 radical (unpaired) electrons. The third kappa shape index (κ3) is 10.4. The van der Waals surface area contributed by atoms with Crippen molar-refractivity contribution in [3.8, 4) is 22.6 Å². The minimum atomic E-state index is -0.463. The van der Waals surface area contributed by atoms with Crippen LogP contribution in [-0.2, 0) is 4.74 Å². The fraction of sp³-hybridized carbons (Fsp3) is 0.371. The van der Waals surface area contributed by atoms with Gasteiger partial charge in [0.2, 0.25) is 0 Å². The minimum absolute atomic E-state index is 0.316. The molecule has 0 aliphatic carbocycles. The Morgan fingerprint density at radius 2 is 1.25 bits per heavy atom. The molecular formula is C35H42O5. The molecule has 0 aliphatic heterocycles. The molecule has 3 rings (SSSR count). The number of esters is 2.